The van der Waals surface area contributed by atoms with Crippen molar-refractivity contribution in [2.75, 3.05) is 12.4 Å². The number of anilines is 1. The van der Waals surface area contributed by atoms with E-state index in [0.29, 0.717) is 5.00 Å². The molecule has 3 nitrogen and oxygen atoms in total. The Morgan fingerprint density at radius 1 is 1.67 bits per heavy atom. The van der Waals surface area contributed by atoms with Gasteiger partial charge in [0.2, 0.25) is 0 Å². The first-order valence-corrected chi connectivity index (χ1v) is 3.29. The fourth-order valence-corrected chi connectivity index (χ4v) is 1.15. The Morgan fingerprint density at radius 3 is 2.78 bits per heavy atom. The van der Waals surface area contributed by atoms with E-state index >= 15 is 0 Å². The number of nitrogens with zero attached hydrogens (tertiary/aromatic N) is 1. The van der Waals surface area contributed by atoms with Gasteiger partial charge in [0, 0.05) is 7.05 Å². The predicted octanol–water partition coefficient (Wildman–Crippen LogP) is 2.19. The maximum atomic E-state index is 9.87. The quantitative estimate of drug-likeness (QED) is 0.643. The number of thiophene rings is 1. The van der Waals surface area contributed by atoms with Crippen LogP contribution in [0.15, 0.2) is 17.3 Å². The van der Waals surface area contributed by atoms with Crippen molar-refractivity contribution in [2.45, 2.75) is 0 Å². The normalized spacial score (nSPS) is 9.00. The molecule has 4 heteroatoms. The molecule has 1 aromatic rings. The largest absolute Gasteiger partial charge is 0.380 e. The molecule has 1 heterocycles. The number of hydrogen-bond donors (Lipinski definition) is 1. The Balaban J connectivity index is 2.86. The van der Waals surface area contributed by atoms with Crippen LogP contribution >= 0.6 is 11.3 Å². The Morgan fingerprint density at radius 2 is 2.44 bits per heavy atom. The van der Waals surface area contributed by atoms with E-state index in [1.807, 2.05) is 6.07 Å². The summed E-state index contributed by atoms with van der Waals surface area (Å²) in [6.45, 7) is 0. The van der Waals surface area contributed by atoms with E-state index in [1.54, 1.807) is 13.1 Å². The topological polar surface area (TPSA) is 41.5 Å². The standard InChI is InChI=1S/C5H6N2OS/c1-6-4-2-3-5(7-8)9-4/h2-3,6H,1H3. The summed E-state index contributed by atoms with van der Waals surface area (Å²) < 4.78 is 0. The second-order valence-corrected chi connectivity index (χ2v) is 2.54. The van der Waals surface area contributed by atoms with Gasteiger partial charge in [-0.2, -0.15) is 0 Å². The summed E-state index contributed by atoms with van der Waals surface area (Å²) in [4.78, 5) is 9.87. The average molecular weight is 142 g/mol. The van der Waals surface area contributed by atoms with E-state index in [1.165, 1.54) is 11.3 Å². The van der Waals surface area contributed by atoms with Gasteiger partial charge in [0.05, 0.1) is 5.00 Å². The number of nitrogens with one attached hydrogen (secondary N) is 1. The molecule has 0 bridgehead atoms. The molecule has 1 aromatic heterocycles. The zero-order chi connectivity index (χ0) is 6.69. The molecule has 0 atom stereocenters. The van der Waals surface area contributed by atoms with Crippen LogP contribution in [0, 0.1) is 4.91 Å². The molecule has 0 saturated heterocycles. The number of rotatable bonds is 2. The Kier molecular flexibility index (Phi) is 1.79. The molecule has 0 aliphatic rings. The highest BCUT2D eigenvalue weighted by Gasteiger charge is 1.94. The highest BCUT2D eigenvalue weighted by Crippen LogP contribution is 2.27. The first-order valence-electron chi connectivity index (χ1n) is 2.48. The van der Waals surface area contributed by atoms with Crippen LogP contribution in [0.3, 0.4) is 0 Å². The van der Waals surface area contributed by atoms with Crippen LogP contribution in [0.5, 0.6) is 0 Å². The van der Waals surface area contributed by atoms with Crippen LogP contribution in [-0.4, -0.2) is 7.05 Å². The van der Waals surface area contributed by atoms with Crippen molar-refractivity contribution in [3.63, 3.8) is 0 Å². The minimum Gasteiger partial charge on any atom is -0.380 e. The van der Waals surface area contributed by atoms with Crippen molar-refractivity contribution < 1.29 is 0 Å². The maximum Gasteiger partial charge on any atom is 0.162 e. The lowest BCUT2D eigenvalue weighted by molar-refractivity contribution is 1.58. The second kappa shape index (κ2) is 2.59. The van der Waals surface area contributed by atoms with Gasteiger partial charge in [-0.3, -0.25) is 0 Å². The summed E-state index contributed by atoms with van der Waals surface area (Å²) in [6, 6.07) is 3.50. The lowest BCUT2D eigenvalue weighted by Gasteiger charge is -1.86. The molecule has 9 heavy (non-hydrogen) atoms. The van der Waals surface area contributed by atoms with Crippen LogP contribution in [-0.2, 0) is 0 Å². The molecule has 0 radical (unpaired) electrons. The second-order valence-electron chi connectivity index (χ2n) is 1.48. The first-order chi connectivity index (χ1) is 4.36. The van der Waals surface area contributed by atoms with Gasteiger partial charge >= 0.3 is 0 Å². The van der Waals surface area contributed by atoms with Crippen LogP contribution in [0.25, 0.3) is 0 Å². The van der Waals surface area contributed by atoms with Gasteiger partial charge in [0.1, 0.15) is 0 Å². The number of nitroso groups, excluding NO2 is 1. The summed E-state index contributed by atoms with van der Waals surface area (Å²) in [6.07, 6.45) is 0. The molecular weight excluding hydrogens is 136 g/mol. The van der Waals surface area contributed by atoms with Gasteiger partial charge in [0.15, 0.2) is 5.00 Å². The predicted molar refractivity (Wildman–Crippen MR) is 39.3 cm³/mol. The van der Waals surface area contributed by atoms with Gasteiger partial charge in [-0.1, -0.05) is 11.3 Å². The van der Waals surface area contributed by atoms with E-state index in [2.05, 4.69) is 10.5 Å². The third-order valence-electron chi connectivity index (χ3n) is 0.928. The van der Waals surface area contributed by atoms with E-state index in [4.69, 9.17) is 0 Å². The molecular formula is C5H6N2OS. The third-order valence-corrected chi connectivity index (χ3v) is 1.91. The molecule has 1 N–H and O–H groups in total. The fourth-order valence-electron chi connectivity index (χ4n) is 0.511. The monoisotopic (exact) mass is 142 g/mol. The average Bonchev–Trinajstić information content (AvgIpc) is 2.34. The molecule has 0 aliphatic carbocycles. The van der Waals surface area contributed by atoms with Gasteiger partial charge in [0.25, 0.3) is 0 Å². The maximum absolute atomic E-state index is 9.87. The molecule has 0 amide bonds. The molecule has 0 aromatic carbocycles. The van der Waals surface area contributed by atoms with Gasteiger partial charge in [-0.25, -0.2) is 0 Å². The minimum absolute atomic E-state index is 0.513. The lowest BCUT2D eigenvalue weighted by atomic mass is 10.6. The van der Waals surface area contributed by atoms with Crippen molar-refractivity contribution in [3.8, 4) is 0 Å². The van der Waals surface area contributed by atoms with Crippen molar-refractivity contribution in [1.82, 2.24) is 0 Å². The molecule has 0 saturated carbocycles. The van der Waals surface area contributed by atoms with Gasteiger partial charge < -0.3 is 5.32 Å². The lowest BCUT2D eigenvalue weighted by Crippen LogP contribution is -1.79. The van der Waals surface area contributed by atoms with E-state index < -0.39 is 0 Å². The van der Waals surface area contributed by atoms with E-state index in [0.717, 1.165) is 5.00 Å². The summed E-state index contributed by atoms with van der Waals surface area (Å²) in [5.74, 6) is 0. The Hall–Kier alpha value is -0.900. The van der Waals surface area contributed by atoms with E-state index in [-0.39, 0.29) is 0 Å². The van der Waals surface area contributed by atoms with E-state index in [9.17, 15) is 4.91 Å². The molecule has 48 valence electrons. The van der Waals surface area contributed by atoms with Crippen LogP contribution in [0.1, 0.15) is 0 Å². The van der Waals surface area contributed by atoms with Gasteiger partial charge in [-0.15, -0.1) is 4.91 Å². The third kappa shape index (κ3) is 1.26. The smallest absolute Gasteiger partial charge is 0.162 e. The first kappa shape index (κ1) is 6.22. The number of hydrogen-bond acceptors (Lipinski definition) is 4. The molecule has 0 aliphatic heterocycles. The van der Waals surface area contributed by atoms with Crippen molar-refractivity contribution in [3.05, 3.63) is 17.0 Å². The summed E-state index contributed by atoms with van der Waals surface area (Å²) in [5, 5.41) is 7.14. The molecule has 0 unspecified atom stereocenters. The Labute approximate surface area is 56.7 Å². The zero-order valence-corrected chi connectivity index (χ0v) is 5.73. The van der Waals surface area contributed by atoms with Crippen LogP contribution in [0.2, 0.25) is 0 Å². The van der Waals surface area contributed by atoms with Crippen molar-refractivity contribution >= 4 is 21.3 Å². The van der Waals surface area contributed by atoms with Crippen molar-refractivity contribution in [2.24, 2.45) is 5.18 Å². The van der Waals surface area contributed by atoms with Crippen LogP contribution in [0.4, 0.5) is 10.0 Å². The molecule has 1 rings (SSSR count). The SMILES string of the molecule is CNc1ccc(N=O)s1. The van der Waals surface area contributed by atoms with Crippen LogP contribution < -0.4 is 5.32 Å². The highest BCUT2D eigenvalue weighted by atomic mass is 32.1. The molecule has 0 spiro atoms. The summed E-state index contributed by atoms with van der Waals surface area (Å²) in [5.41, 5.74) is 0. The summed E-state index contributed by atoms with van der Waals surface area (Å²) in [7, 11) is 1.81. The van der Waals surface area contributed by atoms with Crippen molar-refractivity contribution in [1.29, 1.82) is 0 Å². The Bertz CT molecular complexity index is 208. The zero-order valence-electron chi connectivity index (χ0n) is 4.92. The van der Waals surface area contributed by atoms with Gasteiger partial charge in [-0.05, 0) is 17.3 Å². The fraction of sp³-hybridized carbons (Fsp3) is 0.200. The summed E-state index contributed by atoms with van der Waals surface area (Å²) >= 11 is 1.34. The molecule has 0 fully saturated rings. The minimum atomic E-state index is 0.513. The highest BCUT2D eigenvalue weighted by molar-refractivity contribution is 7.19.